The van der Waals surface area contributed by atoms with Crippen molar-refractivity contribution in [2.45, 2.75) is 44.3 Å². The number of piperazine rings is 1. The molecule has 222 valence electrons. The summed E-state index contributed by atoms with van der Waals surface area (Å²) in [6.07, 6.45) is -9.99. The molecule has 1 aromatic carbocycles. The second-order valence-electron chi connectivity index (χ2n) is 9.36. The van der Waals surface area contributed by atoms with Crippen LogP contribution in [-0.2, 0) is 5.67 Å². The highest BCUT2D eigenvalue weighted by Gasteiger charge is 2.73. The van der Waals surface area contributed by atoms with Crippen molar-refractivity contribution >= 4 is 41.0 Å². The molecule has 0 spiro atoms. The first kappa shape index (κ1) is 30.3. The van der Waals surface area contributed by atoms with E-state index >= 15 is 0 Å². The van der Waals surface area contributed by atoms with Crippen LogP contribution in [0.15, 0.2) is 42.6 Å². The molecule has 1 fully saturated rings. The van der Waals surface area contributed by atoms with Gasteiger partial charge in [0.25, 0.3) is 0 Å². The molecule has 8 nitrogen and oxygen atoms in total. The average molecular weight is 607 g/mol. The zero-order valence-corrected chi connectivity index (χ0v) is 22.6. The van der Waals surface area contributed by atoms with Gasteiger partial charge in [-0.05, 0) is 37.6 Å². The maximum absolute atomic E-state index is 14.4. The molecular formula is C25H26ClF7N8. The minimum absolute atomic E-state index is 0.0121. The van der Waals surface area contributed by atoms with Gasteiger partial charge < -0.3 is 20.4 Å². The van der Waals surface area contributed by atoms with Crippen LogP contribution in [0.25, 0.3) is 0 Å². The number of benzene rings is 1. The van der Waals surface area contributed by atoms with Crippen LogP contribution >= 0.6 is 11.6 Å². The van der Waals surface area contributed by atoms with Gasteiger partial charge in [0.1, 0.15) is 5.82 Å². The van der Waals surface area contributed by atoms with Crippen molar-refractivity contribution in [3.05, 3.63) is 53.2 Å². The number of pyridine rings is 1. The first-order chi connectivity index (χ1) is 19.2. The molecule has 2 N–H and O–H groups in total. The highest BCUT2D eigenvalue weighted by molar-refractivity contribution is 6.32. The monoisotopic (exact) mass is 606 g/mol. The summed E-state index contributed by atoms with van der Waals surface area (Å²) in [6, 6.07) is 6.02. The minimum Gasteiger partial charge on any atom is -0.354 e. The van der Waals surface area contributed by atoms with Crippen molar-refractivity contribution in [2.24, 2.45) is 0 Å². The van der Waals surface area contributed by atoms with E-state index in [1.807, 2.05) is 23.6 Å². The second-order valence-corrected chi connectivity index (χ2v) is 9.77. The Hall–Kier alpha value is -3.62. The van der Waals surface area contributed by atoms with Gasteiger partial charge in [-0.2, -0.15) is 41.3 Å². The molecule has 0 saturated carbocycles. The summed E-state index contributed by atoms with van der Waals surface area (Å²) in [5, 5.41) is 6.34. The molecule has 1 aliphatic heterocycles. The van der Waals surface area contributed by atoms with Gasteiger partial charge >= 0.3 is 18.0 Å². The summed E-state index contributed by atoms with van der Waals surface area (Å²) in [4.78, 5) is 21.5. The number of hydrogen-bond acceptors (Lipinski definition) is 8. The first-order valence-electron chi connectivity index (χ1n) is 12.6. The van der Waals surface area contributed by atoms with Gasteiger partial charge in [0.2, 0.25) is 17.8 Å². The maximum atomic E-state index is 14.4. The van der Waals surface area contributed by atoms with Crippen LogP contribution in [0.4, 0.5) is 60.1 Å². The summed E-state index contributed by atoms with van der Waals surface area (Å²) >= 11 is 6.31. The Morgan fingerprint density at radius 3 is 2.17 bits per heavy atom. The molecule has 0 aliphatic carbocycles. The lowest BCUT2D eigenvalue weighted by Crippen LogP contribution is -2.53. The third-order valence-corrected chi connectivity index (χ3v) is 6.69. The molecule has 1 saturated heterocycles. The van der Waals surface area contributed by atoms with E-state index in [9.17, 15) is 30.7 Å². The Labute approximate surface area is 236 Å². The van der Waals surface area contributed by atoms with Gasteiger partial charge in [-0.1, -0.05) is 30.7 Å². The fourth-order valence-electron chi connectivity index (χ4n) is 4.32. The van der Waals surface area contributed by atoms with Crippen LogP contribution in [0.1, 0.15) is 25.8 Å². The van der Waals surface area contributed by atoms with Crippen LogP contribution in [-0.4, -0.2) is 64.5 Å². The molecule has 41 heavy (non-hydrogen) atoms. The molecule has 3 heterocycles. The van der Waals surface area contributed by atoms with Crippen molar-refractivity contribution in [2.75, 3.05) is 46.6 Å². The van der Waals surface area contributed by atoms with Crippen molar-refractivity contribution in [3.63, 3.8) is 0 Å². The molecule has 4 rings (SSSR count). The molecular weight excluding hydrogens is 581 g/mol. The van der Waals surface area contributed by atoms with Gasteiger partial charge in [-0.25, -0.2) is 9.37 Å². The minimum atomic E-state index is -6.20. The second kappa shape index (κ2) is 11.7. The number of hydrogen-bond donors (Lipinski definition) is 2. The lowest BCUT2D eigenvalue weighted by Gasteiger charge is -2.40. The normalized spacial score (nSPS) is 16.6. The molecule has 3 aromatic rings. The number of nitrogens with zero attached hydrogens (tertiary/aromatic N) is 6. The quantitative estimate of drug-likeness (QED) is 0.282. The van der Waals surface area contributed by atoms with Crippen molar-refractivity contribution in [1.29, 1.82) is 0 Å². The van der Waals surface area contributed by atoms with E-state index < -0.39 is 23.6 Å². The van der Waals surface area contributed by atoms with Gasteiger partial charge in [0.05, 0.1) is 5.02 Å². The van der Waals surface area contributed by atoms with Gasteiger partial charge in [-0.3, -0.25) is 0 Å². The zero-order valence-electron chi connectivity index (χ0n) is 21.9. The van der Waals surface area contributed by atoms with Crippen LogP contribution in [0.5, 0.6) is 0 Å². The van der Waals surface area contributed by atoms with E-state index in [0.717, 1.165) is 18.6 Å². The summed E-state index contributed by atoms with van der Waals surface area (Å²) < 4.78 is 93.1. The van der Waals surface area contributed by atoms with E-state index in [4.69, 9.17) is 11.6 Å². The van der Waals surface area contributed by atoms with Gasteiger partial charge in [-0.15, -0.1) is 0 Å². The molecule has 0 bridgehead atoms. The Balaban J connectivity index is 1.58. The Bertz CT molecular complexity index is 1320. The van der Waals surface area contributed by atoms with Gasteiger partial charge in [0, 0.05) is 49.7 Å². The highest BCUT2D eigenvalue weighted by atomic mass is 35.5. The van der Waals surface area contributed by atoms with Crippen LogP contribution < -0.4 is 20.4 Å². The predicted octanol–water partition coefficient (Wildman–Crippen LogP) is 6.49. The van der Waals surface area contributed by atoms with Crippen molar-refractivity contribution < 1.29 is 30.7 Å². The van der Waals surface area contributed by atoms with E-state index in [0.29, 0.717) is 55.1 Å². The van der Waals surface area contributed by atoms with Crippen LogP contribution in [0, 0.1) is 0 Å². The number of halogens is 8. The van der Waals surface area contributed by atoms with Crippen molar-refractivity contribution in [3.8, 4) is 0 Å². The molecule has 0 amide bonds. The Kier molecular flexibility index (Phi) is 8.66. The standard InChI is InChI=1S/C25H26ClF7N8/c1-3-10-35-20-37-21(36-17-8-6-16(7-9-17)23(27,24(28,29)30)25(31,32)33)39-22(38-20)41-13-12-40(14-15(41)2)19-18(26)5-4-11-34-19/h4-9,11,15H,3,10,12-14H2,1-2H3,(H2,35,36,37,38,39). The molecule has 2 aromatic heterocycles. The molecule has 1 atom stereocenters. The zero-order chi connectivity index (χ0) is 30.0. The number of anilines is 5. The molecule has 16 heteroatoms. The number of nitrogens with one attached hydrogen (secondary N) is 2. The van der Waals surface area contributed by atoms with Gasteiger partial charge in [0.15, 0.2) is 0 Å². The molecule has 0 radical (unpaired) electrons. The van der Waals surface area contributed by atoms with E-state index in [2.05, 4.69) is 30.6 Å². The van der Waals surface area contributed by atoms with Crippen molar-refractivity contribution in [1.82, 2.24) is 19.9 Å². The third kappa shape index (κ3) is 6.34. The average Bonchev–Trinajstić information content (AvgIpc) is 2.90. The fourth-order valence-corrected chi connectivity index (χ4v) is 4.56. The van der Waals surface area contributed by atoms with Crippen LogP contribution in [0.2, 0.25) is 5.02 Å². The lowest BCUT2D eigenvalue weighted by atomic mass is 9.94. The Morgan fingerprint density at radius 1 is 0.927 bits per heavy atom. The largest absolute Gasteiger partial charge is 0.435 e. The summed E-state index contributed by atoms with van der Waals surface area (Å²) in [5.74, 6) is 1.16. The lowest BCUT2D eigenvalue weighted by molar-refractivity contribution is -0.348. The maximum Gasteiger partial charge on any atom is 0.435 e. The topological polar surface area (TPSA) is 82.1 Å². The van der Waals surface area contributed by atoms with Crippen LogP contribution in [0.3, 0.4) is 0 Å². The van der Waals surface area contributed by atoms with E-state index in [1.165, 1.54) is 0 Å². The van der Waals surface area contributed by atoms with E-state index in [-0.39, 0.29) is 23.6 Å². The molecule has 1 aliphatic rings. The SMILES string of the molecule is CCCNc1nc(Nc2ccc(C(F)(C(F)(F)F)C(F)(F)F)cc2)nc(N2CCN(c3ncccc3Cl)CC2C)n1. The smallest absolute Gasteiger partial charge is 0.354 e. The molecule has 1 unspecified atom stereocenters. The number of aromatic nitrogens is 4. The first-order valence-corrected chi connectivity index (χ1v) is 12.9. The third-order valence-electron chi connectivity index (χ3n) is 6.40. The Morgan fingerprint density at radius 2 is 1.59 bits per heavy atom. The summed E-state index contributed by atoms with van der Waals surface area (Å²) in [6.45, 7) is 6.03. The predicted molar refractivity (Wildman–Crippen MR) is 141 cm³/mol. The number of rotatable bonds is 8. The summed E-state index contributed by atoms with van der Waals surface area (Å²) in [7, 11) is 0. The fraction of sp³-hybridized carbons (Fsp3) is 0.440. The number of alkyl halides is 7. The van der Waals surface area contributed by atoms with E-state index in [1.54, 1.807) is 18.3 Å². The highest BCUT2D eigenvalue weighted by Crippen LogP contribution is 2.53. The summed E-state index contributed by atoms with van der Waals surface area (Å²) in [5.41, 5.74) is -7.07.